The smallest absolute Gasteiger partial charge is 0.146 e. The monoisotopic (exact) mass is 264 g/mol. The zero-order valence-corrected chi connectivity index (χ0v) is 11.9. The minimum Gasteiger partial charge on any atom is -0.494 e. The van der Waals surface area contributed by atoms with Gasteiger partial charge in [-0.2, -0.15) is 0 Å². The Morgan fingerprint density at radius 3 is 2.67 bits per heavy atom. The summed E-state index contributed by atoms with van der Waals surface area (Å²) in [6.07, 6.45) is 0. The molecule has 0 atom stereocenters. The maximum absolute atomic E-state index is 6.22. The number of aromatic nitrogens is 1. The lowest BCUT2D eigenvalue weighted by atomic mass is 10.0. The Morgan fingerprint density at radius 2 is 2.06 bits per heavy atom. The van der Waals surface area contributed by atoms with Crippen molar-refractivity contribution in [2.24, 2.45) is 0 Å². The van der Waals surface area contributed by atoms with Gasteiger partial charge in [-0.1, -0.05) is 11.6 Å². The number of nitrogens with one attached hydrogen (secondary N) is 1. The Kier molecular flexibility index (Phi) is 3.73. The highest BCUT2D eigenvalue weighted by molar-refractivity contribution is 6.32. The third kappa shape index (κ3) is 2.16. The summed E-state index contributed by atoms with van der Waals surface area (Å²) in [6.45, 7) is 4.81. The van der Waals surface area contributed by atoms with Gasteiger partial charge in [-0.3, -0.25) is 0 Å². The highest BCUT2D eigenvalue weighted by Crippen LogP contribution is 2.33. The van der Waals surface area contributed by atoms with Crippen LogP contribution in [-0.2, 0) is 6.54 Å². The number of rotatable bonds is 3. The van der Waals surface area contributed by atoms with Crippen molar-refractivity contribution in [2.75, 3.05) is 14.2 Å². The first-order valence-corrected chi connectivity index (χ1v) is 6.24. The number of methoxy groups -OCH3 is 1. The number of hydrogen-bond acceptors (Lipinski definition) is 3. The molecule has 1 aromatic heterocycles. The zero-order chi connectivity index (χ0) is 13.3. The van der Waals surface area contributed by atoms with E-state index in [1.54, 1.807) is 7.11 Å². The summed E-state index contributed by atoms with van der Waals surface area (Å²) in [7, 11) is 3.56. The average Bonchev–Trinajstić information content (AvgIpc) is 2.36. The van der Waals surface area contributed by atoms with Gasteiger partial charge in [0.1, 0.15) is 11.3 Å². The Bertz CT molecular complexity index is 596. The van der Waals surface area contributed by atoms with Crippen molar-refractivity contribution in [2.45, 2.75) is 20.4 Å². The summed E-state index contributed by atoms with van der Waals surface area (Å²) in [5.41, 5.74) is 4.10. The summed E-state index contributed by atoms with van der Waals surface area (Å²) >= 11 is 6.22. The molecular formula is C14H17ClN2O. The van der Waals surface area contributed by atoms with Gasteiger partial charge in [0, 0.05) is 28.7 Å². The molecule has 3 nitrogen and oxygen atoms in total. The molecule has 0 bridgehead atoms. The topological polar surface area (TPSA) is 34.1 Å². The SMILES string of the molecule is CNCc1cc2c(C)c(Cl)cc(OC)c2nc1C. The molecule has 0 aliphatic heterocycles. The van der Waals surface area contributed by atoms with Gasteiger partial charge >= 0.3 is 0 Å². The zero-order valence-electron chi connectivity index (χ0n) is 11.1. The quantitative estimate of drug-likeness (QED) is 0.924. The van der Waals surface area contributed by atoms with Crippen LogP contribution in [0.25, 0.3) is 10.9 Å². The molecule has 18 heavy (non-hydrogen) atoms. The van der Waals surface area contributed by atoms with E-state index < -0.39 is 0 Å². The third-order valence-corrected chi connectivity index (χ3v) is 3.55. The molecule has 2 rings (SSSR count). The van der Waals surface area contributed by atoms with Crippen LogP contribution in [0, 0.1) is 13.8 Å². The van der Waals surface area contributed by atoms with Gasteiger partial charge in [0.25, 0.3) is 0 Å². The molecule has 1 heterocycles. The predicted molar refractivity (Wildman–Crippen MR) is 75.5 cm³/mol. The molecule has 1 N–H and O–H groups in total. The first-order valence-electron chi connectivity index (χ1n) is 5.86. The van der Waals surface area contributed by atoms with Crippen LogP contribution in [-0.4, -0.2) is 19.1 Å². The maximum Gasteiger partial charge on any atom is 0.146 e. The lowest BCUT2D eigenvalue weighted by Gasteiger charge is -2.13. The van der Waals surface area contributed by atoms with E-state index in [4.69, 9.17) is 16.3 Å². The van der Waals surface area contributed by atoms with E-state index in [2.05, 4.69) is 16.4 Å². The highest BCUT2D eigenvalue weighted by Gasteiger charge is 2.12. The Balaban J connectivity index is 2.78. The molecule has 0 saturated heterocycles. The highest BCUT2D eigenvalue weighted by atomic mass is 35.5. The molecule has 4 heteroatoms. The molecule has 2 aromatic rings. The molecule has 0 aliphatic rings. The van der Waals surface area contributed by atoms with Gasteiger partial charge < -0.3 is 10.1 Å². The maximum atomic E-state index is 6.22. The first-order chi connectivity index (χ1) is 8.58. The predicted octanol–water partition coefficient (Wildman–Crippen LogP) is 3.23. The van der Waals surface area contributed by atoms with Crippen LogP contribution in [0.1, 0.15) is 16.8 Å². The Labute approximate surface area is 112 Å². The number of ether oxygens (including phenoxy) is 1. The van der Waals surface area contributed by atoms with Crippen molar-refractivity contribution in [3.8, 4) is 5.75 Å². The van der Waals surface area contributed by atoms with Crippen molar-refractivity contribution >= 4 is 22.5 Å². The van der Waals surface area contributed by atoms with Crippen LogP contribution in [0.15, 0.2) is 12.1 Å². The molecule has 0 spiro atoms. The fourth-order valence-electron chi connectivity index (χ4n) is 2.07. The van der Waals surface area contributed by atoms with Gasteiger partial charge in [-0.25, -0.2) is 4.98 Å². The number of pyridine rings is 1. The fraction of sp³-hybridized carbons (Fsp3) is 0.357. The van der Waals surface area contributed by atoms with Crippen LogP contribution in [0.5, 0.6) is 5.75 Å². The van der Waals surface area contributed by atoms with Gasteiger partial charge in [0.05, 0.1) is 7.11 Å². The van der Waals surface area contributed by atoms with Crippen LogP contribution < -0.4 is 10.1 Å². The van der Waals surface area contributed by atoms with Gasteiger partial charge in [-0.15, -0.1) is 0 Å². The molecule has 1 aromatic carbocycles. The van der Waals surface area contributed by atoms with E-state index in [1.165, 1.54) is 5.56 Å². The normalized spacial score (nSPS) is 10.9. The fourth-order valence-corrected chi connectivity index (χ4v) is 2.27. The molecule has 0 aliphatic carbocycles. The molecular weight excluding hydrogens is 248 g/mol. The number of halogens is 1. The van der Waals surface area contributed by atoms with Gasteiger partial charge in [-0.05, 0) is 38.1 Å². The van der Waals surface area contributed by atoms with E-state index in [1.807, 2.05) is 27.0 Å². The molecule has 0 radical (unpaired) electrons. The summed E-state index contributed by atoms with van der Waals surface area (Å²) in [4.78, 5) is 4.64. The van der Waals surface area contributed by atoms with Crippen LogP contribution in [0.2, 0.25) is 5.02 Å². The second-order valence-corrected chi connectivity index (χ2v) is 4.75. The van der Waals surface area contributed by atoms with Crippen molar-refractivity contribution in [3.63, 3.8) is 0 Å². The minimum absolute atomic E-state index is 0.709. The number of fused-ring (bicyclic) bond motifs is 1. The summed E-state index contributed by atoms with van der Waals surface area (Å²) in [5.74, 6) is 0.722. The van der Waals surface area contributed by atoms with E-state index in [9.17, 15) is 0 Å². The van der Waals surface area contributed by atoms with Crippen LogP contribution in [0.3, 0.4) is 0 Å². The van der Waals surface area contributed by atoms with Crippen molar-refractivity contribution < 1.29 is 4.74 Å². The average molecular weight is 265 g/mol. The summed E-state index contributed by atoms with van der Waals surface area (Å²) in [5, 5.41) is 4.91. The van der Waals surface area contributed by atoms with Crippen LogP contribution in [0.4, 0.5) is 0 Å². The summed E-state index contributed by atoms with van der Waals surface area (Å²) < 4.78 is 5.36. The van der Waals surface area contributed by atoms with E-state index in [0.29, 0.717) is 5.02 Å². The largest absolute Gasteiger partial charge is 0.494 e. The van der Waals surface area contributed by atoms with Crippen molar-refractivity contribution in [3.05, 3.63) is 34.0 Å². The van der Waals surface area contributed by atoms with Gasteiger partial charge in [0.2, 0.25) is 0 Å². The second-order valence-electron chi connectivity index (χ2n) is 4.35. The van der Waals surface area contributed by atoms with Gasteiger partial charge in [0.15, 0.2) is 0 Å². The second kappa shape index (κ2) is 5.12. The molecule has 0 saturated carbocycles. The van der Waals surface area contributed by atoms with Crippen LogP contribution >= 0.6 is 11.6 Å². The number of benzene rings is 1. The van der Waals surface area contributed by atoms with Crippen molar-refractivity contribution in [1.29, 1.82) is 0 Å². The number of aryl methyl sites for hydroxylation is 2. The standard InChI is InChI=1S/C14H17ClN2O/c1-8-11-5-10(7-16-3)9(2)17-14(11)13(18-4)6-12(8)15/h5-6,16H,7H2,1-4H3. The molecule has 0 unspecified atom stereocenters. The molecule has 0 fully saturated rings. The summed E-state index contributed by atoms with van der Waals surface area (Å²) in [6, 6.07) is 3.96. The van der Waals surface area contributed by atoms with E-state index in [0.717, 1.165) is 34.5 Å². The van der Waals surface area contributed by atoms with E-state index in [-0.39, 0.29) is 0 Å². The molecule has 0 amide bonds. The Hall–Kier alpha value is -1.32. The number of hydrogen-bond donors (Lipinski definition) is 1. The molecule has 96 valence electrons. The third-order valence-electron chi connectivity index (χ3n) is 3.16. The van der Waals surface area contributed by atoms with E-state index >= 15 is 0 Å². The first kappa shape index (κ1) is 13.1. The minimum atomic E-state index is 0.709. The van der Waals surface area contributed by atoms with Crippen molar-refractivity contribution in [1.82, 2.24) is 10.3 Å². The Morgan fingerprint density at radius 1 is 1.33 bits per heavy atom. The lowest BCUT2D eigenvalue weighted by Crippen LogP contribution is -2.08. The lowest BCUT2D eigenvalue weighted by molar-refractivity contribution is 0.419. The number of nitrogens with zero attached hydrogens (tertiary/aromatic N) is 1.